The topological polar surface area (TPSA) is 56.7 Å². The number of fused-ring (bicyclic) bond motifs is 1. The molecule has 0 spiro atoms. The molecule has 4 nitrogen and oxygen atoms in total. The molecule has 0 saturated heterocycles. The van der Waals surface area contributed by atoms with Crippen LogP contribution in [0.1, 0.15) is 5.56 Å². The number of aromatic nitrogens is 3. The average molecular weight is 230 g/mol. The summed E-state index contributed by atoms with van der Waals surface area (Å²) in [4.78, 5) is 7.57. The van der Waals surface area contributed by atoms with Gasteiger partial charge in [0.1, 0.15) is 24.3 Å². The largest absolute Gasteiger partial charge is 0.406 e. The lowest BCUT2D eigenvalue weighted by Crippen LogP contribution is -2.17. The molecule has 2 aromatic rings. The van der Waals surface area contributed by atoms with Crippen LogP contribution in [0.5, 0.6) is 0 Å². The maximum Gasteiger partial charge on any atom is 0.406 e. The van der Waals surface area contributed by atoms with Crippen LogP contribution in [0.2, 0.25) is 0 Å². The number of hydrogen-bond donors (Lipinski definition) is 1. The highest BCUT2D eigenvalue weighted by Gasteiger charge is 2.29. The normalized spacial score (nSPS) is 12.2. The Bertz CT molecular complexity index is 529. The molecule has 0 aliphatic carbocycles. The van der Waals surface area contributed by atoms with Crippen LogP contribution < -0.4 is 5.73 Å². The van der Waals surface area contributed by atoms with Crippen molar-refractivity contribution in [2.24, 2.45) is 0 Å². The Morgan fingerprint density at radius 2 is 2.06 bits per heavy atom. The van der Waals surface area contributed by atoms with Gasteiger partial charge in [0.25, 0.3) is 0 Å². The molecule has 86 valence electrons. The molecular weight excluding hydrogens is 221 g/mol. The zero-order chi connectivity index (χ0) is 11.9. The number of halogens is 3. The number of nitrogens with two attached hydrogens (primary N) is 1. The zero-order valence-electron chi connectivity index (χ0n) is 8.41. The quantitative estimate of drug-likeness (QED) is 0.813. The van der Waals surface area contributed by atoms with Crippen molar-refractivity contribution < 1.29 is 13.2 Å². The van der Waals surface area contributed by atoms with Crippen molar-refractivity contribution in [3.05, 3.63) is 18.1 Å². The van der Waals surface area contributed by atoms with E-state index in [4.69, 9.17) is 5.73 Å². The van der Waals surface area contributed by atoms with Gasteiger partial charge in [-0.05, 0) is 12.5 Å². The molecule has 0 aliphatic rings. The molecule has 0 aromatic carbocycles. The molecule has 0 atom stereocenters. The highest BCUT2D eigenvalue weighted by Crippen LogP contribution is 2.26. The fourth-order valence-corrected chi connectivity index (χ4v) is 1.66. The molecule has 7 heteroatoms. The van der Waals surface area contributed by atoms with Crippen LogP contribution in [0.4, 0.5) is 19.0 Å². The number of hydrogen-bond acceptors (Lipinski definition) is 3. The van der Waals surface area contributed by atoms with Gasteiger partial charge >= 0.3 is 6.18 Å². The lowest BCUT2D eigenvalue weighted by Gasteiger charge is -2.07. The van der Waals surface area contributed by atoms with E-state index in [-0.39, 0.29) is 11.5 Å². The predicted molar refractivity (Wildman–Crippen MR) is 52.7 cm³/mol. The molecule has 0 radical (unpaired) electrons. The zero-order valence-corrected chi connectivity index (χ0v) is 8.41. The number of nitrogens with zero attached hydrogens (tertiary/aromatic N) is 3. The molecule has 0 saturated carbocycles. The summed E-state index contributed by atoms with van der Waals surface area (Å²) in [5.74, 6) is 0.198. The van der Waals surface area contributed by atoms with Crippen molar-refractivity contribution in [3.8, 4) is 0 Å². The average Bonchev–Trinajstić information content (AvgIpc) is 2.42. The summed E-state index contributed by atoms with van der Waals surface area (Å²) in [6.07, 6.45) is -1.74. The van der Waals surface area contributed by atoms with E-state index in [0.717, 1.165) is 10.9 Å². The summed E-state index contributed by atoms with van der Waals surface area (Å²) in [6, 6.07) is 0. The molecule has 16 heavy (non-hydrogen) atoms. The van der Waals surface area contributed by atoms with Gasteiger partial charge in [0.2, 0.25) is 0 Å². The van der Waals surface area contributed by atoms with Crippen molar-refractivity contribution in [2.75, 3.05) is 5.73 Å². The van der Waals surface area contributed by atoms with Gasteiger partial charge in [-0.1, -0.05) is 0 Å². The summed E-state index contributed by atoms with van der Waals surface area (Å²) in [7, 11) is 0. The molecule has 0 aliphatic heterocycles. The second-order valence-corrected chi connectivity index (χ2v) is 3.51. The van der Waals surface area contributed by atoms with Gasteiger partial charge in [-0.2, -0.15) is 13.2 Å². The molecule has 0 fully saturated rings. The second-order valence-electron chi connectivity index (χ2n) is 3.51. The minimum Gasteiger partial charge on any atom is -0.383 e. The Morgan fingerprint density at radius 3 is 2.69 bits per heavy atom. The van der Waals surface area contributed by atoms with Crippen LogP contribution in [0.25, 0.3) is 11.0 Å². The summed E-state index contributed by atoms with van der Waals surface area (Å²) in [5, 5.41) is 0.478. The van der Waals surface area contributed by atoms with Crippen molar-refractivity contribution >= 4 is 16.9 Å². The fourth-order valence-electron chi connectivity index (χ4n) is 1.66. The third kappa shape index (κ3) is 1.80. The number of alkyl halides is 3. The Balaban J connectivity index is 2.60. The van der Waals surface area contributed by atoms with Gasteiger partial charge in [-0.15, -0.1) is 0 Å². The first-order chi connectivity index (χ1) is 7.38. The molecule has 2 N–H and O–H groups in total. The highest BCUT2D eigenvalue weighted by molar-refractivity contribution is 5.89. The maximum absolute atomic E-state index is 12.3. The van der Waals surface area contributed by atoms with E-state index >= 15 is 0 Å². The molecule has 0 unspecified atom stereocenters. The van der Waals surface area contributed by atoms with E-state index in [1.54, 1.807) is 6.92 Å². The van der Waals surface area contributed by atoms with Crippen molar-refractivity contribution in [2.45, 2.75) is 19.6 Å². The monoisotopic (exact) mass is 230 g/mol. The Morgan fingerprint density at radius 1 is 1.38 bits per heavy atom. The van der Waals surface area contributed by atoms with Crippen molar-refractivity contribution in [3.63, 3.8) is 0 Å². The molecule has 2 heterocycles. The molecule has 2 aromatic heterocycles. The first-order valence-electron chi connectivity index (χ1n) is 4.51. The predicted octanol–water partition coefficient (Wildman–Crippen LogP) is 1.88. The fraction of sp³-hybridized carbons (Fsp3) is 0.333. The first-order valence-corrected chi connectivity index (χ1v) is 4.51. The standard InChI is InChI=1S/C9H9F3N4/c1-5-2-16(3-9(10,11)12)8-6(5)7(13)14-4-15-8/h2,4H,3H2,1H3,(H2,13,14,15). The number of anilines is 1. The molecular formula is C9H9F3N4. The lowest BCUT2D eigenvalue weighted by atomic mass is 10.2. The summed E-state index contributed by atoms with van der Waals surface area (Å²) < 4.78 is 37.9. The van der Waals surface area contributed by atoms with E-state index in [0.29, 0.717) is 10.9 Å². The Hall–Kier alpha value is -1.79. The van der Waals surface area contributed by atoms with Crippen LogP contribution in [-0.2, 0) is 6.54 Å². The van der Waals surface area contributed by atoms with Crippen LogP contribution in [-0.4, -0.2) is 20.7 Å². The minimum atomic E-state index is -4.28. The summed E-state index contributed by atoms with van der Waals surface area (Å²) >= 11 is 0. The van der Waals surface area contributed by atoms with Gasteiger partial charge in [0.05, 0.1) is 5.39 Å². The molecule has 0 amide bonds. The van der Waals surface area contributed by atoms with Crippen LogP contribution in [0, 0.1) is 6.92 Å². The minimum absolute atomic E-state index is 0.198. The van der Waals surface area contributed by atoms with Gasteiger partial charge in [-0.3, -0.25) is 0 Å². The SMILES string of the molecule is Cc1cn(CC(F)(F)F)c2ncnc(N)c12. The Labute approximate surface area is 88.9 Å². The van der Waals surface area contributed by atoms with Gasteiger partial charge in [0, 0.05) is 6.20 Å². The van der Waals surface area contributed by atoms with Crippen molar-refractivity contribution in [1.29, 1.82) is 0 Å². The first kappa shape index (κ1) is 10.7. The summed E-state index contributed by atoms with van der Waals surface area (Å²) in [6.45, 7) is 0.600. The van der Waals surface area contributed by atoms with Crippen molar-refractivity contribution in [1.82, 2.24) is 14.5 Å². The summed E-state index contributed by atoms with van der Waals surface area (Å²) in [5.41, 5.74) is 6.44. The molecule has 2 rings (SSSR count). The highest BCUT2D eigenvalue weighted by atomic mass is 19.4. The van der Waals surface area contributed by atoms with E-state index in [9.17, 15) is 13.2 Å². The lowest BCUT2D eigenvalue weighted by molar-refractivity contribution is -0.139. The van der Waals surface area contributed by atoms with Gasteiger partial charge in [-0.25, -0.2) is 9.97 Å². The van der Waals surface area contributed by atoms with E-state index in [2.05, 4.69) is 9.97 Å². The van der Waals surface area contributed by atoms with E-state index < -0.39 is 12.7 Å². The molecule has 0 bridgehead atoms. The van der Waals surface area contributed by atoms with E-state index in [1.165, 1.54) is 6.20 Å². The van der Waals surface area contributed by atoms with Gasteiger partial charge in [0.15, 0.2) is 0 Å². The second kappa shape index (κ2) is 3.36. The number of aryl methyl sites for hydroxylation is 1. The Kier molecular flexibility index (Phi) is 2.25. The smallest absolute Gasteiger partial charge is 0.383 e. The third-order valence-electron chi connectivity index (χ3n) is 2.22. The van der Waals surface area contributed by atoms with Crippen LogP contribution in [0.3, 0.4) is 0 Å². The van der Waals surface area contributed by atoms with Crippen LogP contribution >= 0.6 is 0 Å². The third-order valence-corrected chi connectivity index (χ3v) is 2.22. The number of rotatable bonds is 1. The van der Waals surface area contributed by atoms with Crippen LogP contribution in [0.15, 0.2) is 12.5 Å². The van der Waals surface area contributed by atoms with E-state index in [1.807, 2.05) is 0 Å². The number of nitrogen functional groups attached to an aromatic ring is 1. The maximum atomic E-state index is 12.3. The van der Waals surface area contributed by atoms with Gasteiger partial charge < -0.3 is 10.3 Å².